The normalized spacial score (nSPS) is 29.8. The second-order valence-corrected chi connectivity index (χ2v) is 40.2. The molecule has 0 radical (unpaired) electrons. The zero-order valence-electron chi connectivity index (χ0n) is 75.0. The summed E-state index contributed by atoms with van der Waals surface area (Å²) in [4.78, 5) is 139. The molecule has 0 aromatic heterocycles. The fourth-order valence-electron chi connectivity index (χ4n) is 19.6. The monoisotopic (exact) mass is 1930 g/mol. The largest absolute Gasteiger partial charge is 0.507 e. The summed E-state index contributed by atoms with van der Waals surface area (Å²) >= 11 is 14.6. The van der Waals surface area contributed by atoms with Crippen LogP contribution in [0.5, 0.6) is 46.0 Å². The number of rotatable bonds is 29. The number of urea groups is 1. The van der Waals surface area contributed by atoms with E-state index >= 15 is 28.8 Å². The first kappa shape index (κ1) is 100. The number of nitrogens with one attached hydrogen (secondary N) is 12. The van der Waals surface area contributed by atoms with Crippen molar-refractivity contribution in [1.82, 2.24) is 63.2 Å². The van der Waals surface area contributed by atoms with Gasteiger partial charge in [0, 0.05) is 48.3 Å². The molecule has 17 rings (SSSR count). The molecule has 0 spiro atoms. The Balaban J connectivity index is 0.945. The number of carbonyl (C=O) groups excluding carboxylic acids is 9. The summed E-state index contributed by atoms with van der Waals surface area (Å²) in [5.74, 6) is -14.2. The molecular formula is C92H121Cl2N13O26S. The number of likely N-dealkylation sites (N-methyl/N-ethyl adjacent to an activating group) is 1. The highest BCUT2D eigenvalue weighted by Gasteiger charge is 2.54. The van der Waals surface area contributed by atoms with Crippen LogP contribution in [0.1, 0.15) is 207 Å². The van der Waals surface area contributed by atoms with Crippen molar-refractivity contribution < 1.29 is 126 Å². The van der Waals surface area contributed by atoms with Crippen LogP contribution >= 0.6 is 23.2 Å². The van der Waals surface area contributed by atoms with Crippen LogP contribution in [0.25, 0.3) is 11.1 Å². The van der Waals surface area contributed by atoms with Crippen LogP contribution in [0.15, 0.2) is 72.8 Å². The van der Waals surface area contributed by atoms with E-state index in [1.54, 1.807) is 0 Å². The van der Waals surface area contributed by atoms with E-state index in [1.165, 1.54) is 45.2 Å². The smallest absolute Gasteiger partial charge is 0.321 e. The van der Waals surface area contributed by atoms with Crippen molar-refractivity contribution in [2.24, 2.45) is 35.3 Å². The van der Waals surface area contributed by atoms with Crippen LogP contribution in [0.3, 0.4) is 0 Å². The number of aliphatic hydroxyl groups is 6. The van der Waals surface area contributed by atoms with E-state index in [4.69, 9.17) is 57.4 Å². The van der Waals surface area contributed by atoms with Crippen molar-refractivity contribution in [2.45, 2.75) is 272 Å². The summed E-state index contributed by atoms with van der Waals surface area (Å²) in [6.45, 7) is 7.45. The van der Waals surface area contributed by atoms with E-state index < -0.39 is 254 Å². The first-order valence-electron chi connectivity index (χ1n) is 45.8. The number of hydrogen-bond donors (Lipinski definition) is 22. The first-order valence-corrected chi connectivity index (χ1v) is 48.2. The number of unbranched alkanes of at least 4 members (excludes halogenated alkanes) is 5. The highest BCUT2D eigenvalue weighted by Crippen LogP contribution is 2.55. The Morgan fingerprint density at radius 3 is 1.93 bits per heavy atom. The number of benzene rings is 5. The Hall–Kier alpha value is -9.86. The Kier molecular flexibility index (Phi) is 32.0. The number of carbonyl (C=O) groups is 9. The average molecular weight is 1930 g/mol. The van der Waals surface area contributed by atoms with E-state index in [0.717, 1.165) is 113 Å². The number of fused-ring (bicyclic) bond motifs is 15. The lowest BCUT2D eigenvalue weighted by atomic mass is 9.54. The summed E-state index contributed by atoms with van der Waals surface area (Å²) in [7, 11) is -2.19. The van der Waals surface area contributed by atoms with Crippen molar-refractivity contribution in [2.75, 3.05) is 32.5 Å². The molecule has 23 N–H and O–H groups in total. The highest BCUT2D eigenvalue weighted by atomic mass is 35.5. The van der Waals surface area contributed by atoms with Gasteiger partial charge in [0.2, 0.25) is 69.3 Å². The minimum absolute atomic E-state index is 0.00181. The molecule has 10 amide bonds. The molecule has 7 fully saturated rings. The summed E-state index contributed by atoms with van der Waals surface area (Å²) in [5, 5.41) is 138. The molecule has 5 aromatic carbocycles. The van der Waals surface area contributed by atoms with Crippen molar-refractivity contribution in [3.63, 3.8) is 0 Å². The summed E-state index contributed by atoms with van der Waals surface area (Å²) in [5.41, 5.74) is 2.44. The molecular weight excluding hydrogens is 1810 g/mol. The number of amides is 10. The molecule has 2 saturated heterocycles. The number of aliphatic hydroxyl groups excluding tert-OH is 6. The molecule has 5 saturated carbocycles. The number of ether oxygens (including phenoxy) is 6. The van der Waals surface area contributed by atoms with Crippen LogP contribution in [-0.2, 0) is 69.1 Å². The maximum Gasteiger partial charge on any atom is 0.321 e. The van der Waals surface area contributed by atoms with Gasteiger partial charge in [0.05, 0.1) is 52.6 Å². The van der Waals surface area contributed by atoms with Gasteiger partial charge in [0.15, 0.2) is 23.9 Å². The minimum Gasteiger partial charge on any atom is -0.507 e. The number of halogens is 2. The van der Waals surface area contributed by atoms with Gasteiger partial charge in [-0.25, -0.2) is 17.9 Å². The summed E-state index contributed by atoms with van der Waals surface area (Å²) in [6.07, 6.45) is -8.33. The number of hydrogen-bond acceptors (Lipinski definition) is 29. The van der Waals surface area contributed by atoms with Crippen molar-refractivity contribution in [1.29, 1.82) is 0 Å². The van der Waals surface area contributed by atoms with Gasteiger partial charge in [-0.15, -0.1) is 0 Å². The van der Waals surface area contributed by atoms with Crippen molar-refractivity contribution >= 4 is 86.5 Å². The van der Waals surface area contributed by atoms with Crippen LogP contribution in [0, 0.1) is 29.6 Å². The van der Waals surface area contributed by atoms with Gasteiger partial charge in [0.25, 0.3) is 0 Å². The molecule has 5 aromatic rings. The minimum atomic E-state index is -3.66. The van der Waals surface area contributed by atoms with E-state index in [9.17, 15) is 68.8 Å². The number of imide groups is 1. The first-order chi connectivity index (χ1) is 63.8. The molecule has 12 aliphatic rings. The van der Waals surface area contributed by atoms with E-state index in [-0.39, 0.29) is 107 Å². The van der Waals surface area contributed by atoms with Gasteiger partial charge in [-0.3, -0.25) is 43.7 Å². The fourth-order valence-corrected chi connectivity index (χ4v) is 21.2. The quantitative estimate of drug-likeness (QED) is 0.0298. The lowest BCUT2D eigenvalue weighted by molar-refractivity contribution is -0.333. The number of phenols is 3. The maximum atomic E-state index is 16.8. The van der Waals surface area contributed by atoms with E-state index in [0.29, 0.717) is 31.1 Å². The molecule has 42 heteroatoms. The Morgan fingerprint density at radius 2 is 1.30 bits per heavy atom. The molecule has 39 nitrogen and oxygen atoms in total. The lowest BCUT2D eigenvalue weighted by Crippen LogP contribution is -2.64. The third kappa shape index (κ3) is 23.2. The topological polar surface area (TPSA) is 596 Å². The van der Waals surface area contributed by atoms with Gasteiger partial charge >= 0.3 is 6.03 Å². The molecule has 15 bridgehead atoms. The zero-order valence-corrected chi connectivity index (χ0v) is 77.4. The van der Waals surface area contributed by atoms with Crippen LogP contribution in [0.2, 0.25) is 10.0 Å². The maximum absolute atomic E-state index is 16.8. The second-order valence-electron chi connectivity index (χ2n) is 37.4. The van der Waals surface area contributed by atoms with Gasteiger partial charge in [-0.2, -0.15) is 0 Å². The number of nitrogens with two attached hydrogens (primary N) is 1. The van der Waals surface area contributed by atoms with Crippen molar-refractivity contribution in [3.05, 3.63) is 116 Å². The zero-order chi connectivity index (χ0) is 96.2. The third-order valence-electron chi connectivity index (χ3n) is 26.7. The molecule has 7 aliphatic heterocycles. The number of sulfonamides is 1. The van der Waals surface area contributed by atoms with Crippen LogP contribution in [-0.4, -0.2) is 231 Å². The molecule has 730 valence electrons. The second kappa shape index (κ2) is 42.8. The van der Waals surface area contributed by atoms with E-state index in [2.05, 4.69) is 70.1 Å². The van der Waals surface area contributed by atoms with Gasteiger partial charge < -0.3 is 133 Å². The number of phenolic OH excluding ortho intramolecular Hbond substituents is 3. The predicted octanol–water partition coefficient (Wildman–Crippen LogP) is 4.23. The summed E-state index contributed by atoms with van der Waals surface area (Å²) in [6, 6.07) is -2.66. The molecule has 7 heterocycles. The Morgan fingerprint density at radius 1 is 0.672 bits per heavy atom. The third-order valence-corrected chi connectivity index (χ3v) is 28.7. The Bertz CT molecular complexity index is 5300. The lowest BCUT2D eigenvalue weighted by Gasteiger charge is -2.54. The SMILES string of the molecule is CCCCCCCCS(=O)(=O)NCCCNCc1c(O)cc2c(c1O)-c1cc(ccc1O)[C@H]1NC(=O)[C@@H]3NC(=O)[C@H](CC(=O)NC(=O)NC4CC4)NC(=O)[C@H](NC(=O)[C@@H](CC(C)C)NC)[C@H](O)c4ccc(c(Cl)c4)Oc4cc3cc(c4O[C@@H]3O[C@H](CO)[C@@H](O)[C@H](O)[C@H]3O[C@H]3C[C@](C)(N)[C@H](O)[C@H](C)O3)Oc3ccc(cc3Cl)[C@@H](O)[C@H](NC1=O)C(=O)N[C@@H]2C(=O)NC1C2CC3CC(C2)CC1C3. The molecule has 18 atom stereocenters. The average Bonchev–Trinajstić information content (AvgIpc) is 0.921. The molecule has 0 unspecified atom stereocenters. The molecule has 5 aliphatic carbocycles. The van der Waals surface area contributed by atoms with Crippen LogP contribution < -0.4 is 83.2 Å². The van der Waals surface area contributed by atoms with Crippen LogP contribution in [0.4, 0.5) is 4.79 Å². The molecule has 134 heavy (non-hydrogen) atoms. The van der Waals surface area contributed by atoms with Gasteiger partial charge in [0.1, 0.15) is 95.5 Å². The fraction of sp³-hybridized carbons (Fsp3) is 0.576. The number of aromatic hydroxyl groups is 3. The Labute approximate surface area is 784 Å². The van der Waals surface area contributed by atoms with Crippen molar-refractivity contribution in [3.8, 4) is 57.1 Å². The van der Waals surface area contributed by atoms with E-state index in [1.807, 2.05) is 13.8 Å². The highest BCUT2D eigenvalue weighted by molar-refractivity contribution is 7.89. The standard InChI is InChI=1S/C92H121Cl2N13O26S/c1-7-8-9-10-11-12-24-134(126,127)98-23-13-22-97-39-54-60(110)36-53-68(77(54)114)52-31-45(14-19-59(52)109)70-85(120)107-74(89(124)105-72(53)87(122)102-69-48-27-43-26-44(29-48)30-49(69)28-43)76(113)47-16-21-62(56(94)33-47)130-64-35-50-34-63(80(64)133-90-81(79(116)78(115)65(40-108)131-90)132-67-38-92(5,95)82(117)42(4)128-67)129-61-20-15-46(32-55(61)93)75(112)73(106-83(118)57(96-6)25-41(2)3)88(123)100-58(84(119)103-71(50)86(121)104-70)37-66(111)101-91(125)99-51-17-18-51/h14-16,19-21,31-36,41-44,48-49,51,57-58,65,67,69-76,78-79,81-82,90,96-98,108-110,112-117H,7-13,17-18,22-30,37-40,95H2,1-6H3,(H,100,123)(H,102,122)(H,103,119)(H,104,121)(H,105,124)(H,106,118)(H,107,120)(H2,99,101,111,125)/t42-,43?,44?,48?,49?,57+,58-,65+,67-,69?,70+,71+,72-,73+,74-,75+,76+,78+,79-,81+,82+,90-,92-/m0/s1. The van der Waals surface area contributed by atoms with Gasteiger partial charge in [-0.1, -0.05) is 94.3 Å². The van der Waals surface area contributed by atoms with Gasteiger partial charge in [-0.05, 0) is 204 Å². The predicted molar refractivity (Wildman–Crippen MR) is 483 cm³/mol. The summed E-state index contributed by atoms with van der Waals surface area (Å²) < 4.78 is 67.9.